The van der Waals surface area contributed by atoms with Crippen molar-refractivity contribution in [3.05, 3.63) is 83.6 Å². The van der Waals surface area contributed by atoms with Gasteiger partial charge in [0.15, 0.2) is 5.82 Å². The summed E-state index contributed by atoms with van der Waals surface area (Å²) in [6, 6.07) is 21.0. The van der Waals surface area contributed by atoms with Crippen LogP contribution < -0.4 is 16.0 Å². The average Bonchev–Trinajstić information content (AvgIpc) is 3.45. The molecular formula is C37H49N5O6. The van der Waals surface area contributed by atoms with Crippen LogP contribution >= 0.6 is 0 Å². The van der Waals surface area contributed by atoms with Gasteiger partial charge in [-0.2, -0.15) is 5.10 Å². The van der Waals surface area contributed by atoms with Gasteiger partial charge in [-0.05, 0) is 57.6 Å². The number of aromatic nitrogens is 2. The number of carbonyl (C=O) groups excluding carboxylic acids is 3. The Labute approximate surface area is 283 Å². The summed E-state index contributed by atoms with van der Waals surface area (Å²) >= 11 is 0. The number of ether oxygens (including phenoxy) is 3. The zero-order chi connectivity index (χ0) is 33.9. The van der Waals surface area contributed by atoms with Gasteiger partial charge in [0, 0.05) is 6.07 Å². The quantitative estimate of drug-likeness (QED) is 0.213. The number of benzene rings is 2. The minimum Gasteiger partial charge on any atom is -0.444 e. The summed E-state index contributed by atoms with van der Waals surface area (Å²) in [5.74, 6) is -0.572. The van der Waals surface area contributed by atoms with Gasteiger partial charge in [0.2, 0.25) is 5.91 Å². The van der Waals surface area contributed by atoms with E-state index in [9.17, 15) is 14.4 Å². The topological polar surface area (TPSA) is 133 Å². The van der Waals surface area contributed by atoms with Crippen molar-refractivity contribution in [1.29, 1.82) is 0 Å². The molecule has 258 valence electrons. The molecule has 11 nitrogen and oxygen atoms in total. The number of carbonyl (C=O) groups is 3. The Hall–Kier alpha value is -4.22. The molecule has 2 aliphatic rings. The largest absolute Gasteiger partial charge is 0.444 e. The van der Waals surface area contributed by atoms with Gasteiger partial charge in [0.1, 0.15) is 17.8 Å². The van der Waals surface area contributed by atoms with Gasteiger partial charge in [-0.1, -0.05) is 86.3 Å². The Bertz CT molecular complexity index is 1490. The van der Waals surface area contributed by atoms with Crippen molar-refractivity contribution in [2.45, 2.75) is 122 Å². The van der Waals surface area contributed by atoms with E-state index in [1.807, 2.05) is 60.7 Å². The van der Waals surface area contributed by atoms with Crippen molar-refractivity contribution >= 4 is 23.7 Å². The fourth-order valence-electron chi connectivity index (χ4n) is 6.30. The normalized spacial score (nSPS) is 21.2. The monoisotopic (exact) mass is 659 g/mol. The van der Waals surface area contributed by atoms with Crippen LogP contribution in [0.4, 0.5) is 10.6 Å². The zero-order valence-corrected chi connectivity index (χ0v) is 28.3. The van der Waals surface area contributed by atoms with Crippen LogP contribution in [0, 0.1) is 0 Å². The maximum atomic E-state index is 13.8. The third-order valence-electron chi connectivity index (χ3n) is 8.62. The van der Waals surface area contributed by atoms with Crippen molar-refractivity contribution < 1.29 is 28.6 Å². The van der Waals surface area contributed by atoms with Gasteiger partial charge >= 0.3 is 6.09 Å². The Balaban J connectivity index is 1.27. The molecule has 4 atom stereocenters. The maximum absolute atomic E-state index is 13.8. The van der Waals surface area contributed by atoms with E-state index < -0.39 is 17.6 Å². The Morgan fingerprint density at radius 2 is 1.29 bits per heavy atom. The smallest absolute Gasteiger partial charge is 0.413 e. The Morgan fingerprint density at radius 1 is 0.771 bits per heavy atom. The van der Waals surface area contributed by atoms with Crippen LogP contribution in [0.3, 0.4) is 0 Å². The van der Waals surface area contributed by atoms with Crippen molar-refractivity contribution in [2.24, 2.45) is 0 Å². The van der Waals surface area contributed by atoms with Gasteiger partial charge in [0.25, 0.3) is 5.91 Å². The predicted molar refractivity (Wildman–Crippen MR) is 182 cm³/mol. The molecule has 3 amide bonds. The van der Waals surface area contributed by atoms with Crippen LogP contribution in [-0.4, -0.2) is 57.6 Å². The molecule has 1 aromatic heterocycles. The number of anilines is 1. The van der Waals surface area contributed by atoms with E-state index in [2.05, 4.69) is 21.0 Å². The second-order valence-electron chi connectivity index (χ2n) is 13.7. The molecule has 0 aliphatic heterocycles. The van der Waals surface area contributed by atoms with E-state index in [1.54, 1.807) is 20.8 Å². The molecule has 0 saturated heterocycles. The summed E-state index contributed by atoms with van der Waals surface area (Å²) in [6.45, 7) is 6.00. The van der Waals surface area contributed by atoms with Crippen molar-refractivity contribution in [3.8, 4) is 0 Å². The van der Waals surface area contributed by atoms with Crippen LogP contribution in [0.25, 0.3) is 0 Å². The summed E-state index contributed by atoms with van der Waals surface area (Å²) in [5.41, 5.74) is 1.59. The second-order valence-corrected chi connectivity index (χ2v) is 13.7. The highest BCUT2D eigenvalue weighted by molar-refractivity contribution is 5.95. The fraction of sp³-hybridized carbons (Fsp3) is 0.514. The minimum absolute atomic E-state index is 0.115. The SMILES string of the molecule is CC(C)(C)OC(=O)Nc1cc(C(=O)N[C@H]2CCCC[C@@H]2OCc2ccccc2)n(CC(=O)N[C@H]2CCCC[C@@H]2OCc2ccccc2)n1. The Kier molecular flexibility index (Phi) is 12.2. The summed E-state index contributed by atoms with van der Waals surface area (Å²) in [5, 5.41) is 13.3. The molecule has 2 aromatic carbocycles. The van der Waals surface area contributed by atoms with E-state index in [0.29, 0.717) is 13.2 Å². The number of amides is 3. The predicted octanol–water partition coefficient (Wildman–Crippen LogP) is 6.13. The van der Waals surface area contributed by atoms with E-state index in [0.717, 1.165) is 62.5 Å². The molecule has 5 rings (SSSR count). The summed E-state index contributed by atoms with van der Waals surface area (Å²) in [4.78, 5) is 39.8. The van der Waals surface area contributed by atoms with Gasteiger partial charge in [-0.25, -0.2) is 9.48 Å². The lowest BCUT2D eigenvalue weighted by Gasteiger charge is -2.32. The van der Waals surface area contributed by atoms with E-state index in [1.165, 1.54) is 10.7 Å². The Morgan fingerprint density at radius 3 is 1.83 bits per heavy atom. The first-order valence-electron chi connectivity index (χ1n) is 17.1. The number of nitrogens with zero attached hydrogens (tertiary/aromatic N) is 2. The van der Waals surface area contributed by atoms with E-state index in [4.69, 9.17) is 14.2 Å². The minimum atomic E-state index is -0.721. The maximum Gasteiger partial charge on any atom is 0.413 e. The molecule has 1 heterocycles. The van der Waals surface area contributed by atoms with Crippen molar-refractivity contribution in [1.82, 2.24) is 20.4 Å². The third kappa shape index (κ3) is 10.6. The van der Waals surface area contributed by atoms with Gasteiger partial charge in [0.05, 0.1) is 37.5 Å². The number of hydrogen-bond donors (Lipinski definition) is 3. The first-order chi connectivity index (χ1) is 23.1. The molecule has 0 spiro atoms. The molecule has 2 fully saturated rings. The van der Waals surface area contributed by atoms with Gasteiger partial charge < -0.3 is 24.8 Å². The fourth-order valence-corrected chi connectivity index (χ4v) is 6.30. The first kappa shape index (κ1) is 35.1. The van der Waals surface area contributed by atoms with Crippen LogP contribution in [0.5, 0.6) is 0 Å². The van der Waals surface area contributed by atoms with Crippen LogP contribution in [0.15, 0.2) is 66.7 Å². The summed E-state index contributed by atoms with van der Waals surface area (Å²) in [7, 11) is 0. The molecule has 3 N–H and O–H groups in total. The summed E-state index contributed by atoms with van der Waals surface area (Å²) < 4.78 is 19.2. The highest BCUT2D eigenvalue weighted by atomic mass is 16.6. The molecule has 0 bridgehead atoms. The molecule has 0 radical (unpaired) electrons. The molecular weight excluding hydrogens is 610 g/mol. The first-order valence-corrected chi connectivity index (χ1v) is 17.1. The average molecular weight is 660 g/mol. The number of nitrogens with one attached hydrogen (secondary N) is 3. The molecule has 2 saturated carbocycles. The van der Waals surface area contributed by atoms with E-state index >= 15 is 0 Å². The number of rotatable bonds is 12. The lowest BCUT2D eigenvalue weighted by molar-refractivity contribution is -0.124. The standard InChI is InChI=1S/C37H49N5O6/c1-37(2,3)48-36(45)40-33-22-30(35(44)39-29-19-11-13-21-32(29)47-25-27-16-8-5-9-17-27)42(41-33)23-34(43)38-28-18-10-12-20-31(28)46-24-26-14-6-4-7-15-26/h4-9,14-17,22,28-29,31-32H,10-13,18-21,23-25H2,1-3H3,(H,38,43)(H,39,44)(H,40,41,45)/t28-,29-,31-,32-/m0/s1. The van der Waals surface area contributed by atoms with Crippen molar-refractivity contribution in [2.75, 3.05) is 5.32 Å². The van der Waals surface area contributed by atoms with Crippen molar-refractivity contribution in [3.63, 3.8) is 0 Å². The van der Waals surface area contributed by atoms with Crippen LogP contribution in [-0.2, 0) is 38.8 Å². The highest BCUT2D eigenvalue weighted by Crippen LogP contribution is 2.25. The zero-order valence-electron chi connectivity index (χ0n) is 28.3. The second kappa shape index (κ2) is 16.7. The van der Waals surface area contributed by atoms with Gasteiger partial charge in [-0.3, -0.25) is 14.9 Å². The highest BCUT2D eigenvalue weighted by Gasteiger charge is 2.31. The lowest BCUT2D eigenvalue weighted by atomic mass is 9.92. The molecule has 0 unspecified atom stereocenters. The molecule has 3 aromatic rings. The van der Waals surface area contributed by atoms with Crippen LogP contribution in [0.2, 0.25) is 0 Å². The summed E-state index contributed by atoms with van der Waals surface area (Å²) in [6.07, 6.45) is 6.30. The van der Waals surface area contributed by atoms with Crippen LogP contribution in [0.1, 0.15) is 93.8 Å². The van der Waals surface area contributed by atoms with E-state index in [-0.39, 0.29) is 48.3 Å². The number of hydrogen-bond acceptors (Lipinski definition) is 7. The molecule has 2 aliphatic carbocycles. The molecule has 48 heavy (non-hydrogen) atoms. The van der Waals surface area contributed by atoms with Gasteiger partial charge in [-0.15, -0.1) is 0 Å². The molecule has 11 heteroatoms. The third-order valence-corrected chi connectivity index (χ3v) is 8.62. The lowest BCUT2D eigenvalue weighted by Crippen LogP contribution is -2.48.